The third-order valence-corrected chi connectivity index (χ3v) is 6.55. The lowest BCUT2D eigenvalue weighted by molar-refractivity contribution is 0.359. The standard InChI is InChI=1S/C19H24N2O5S.ClH/c1-24-15-10-17(25-2)19(18(11-15)26-3)27(22,23)21-8-4-5-14-9-13(12-20)6-7-16(14)21;/h6-7,9-11H,4-5,8,12,20H2,1-3H3;1H. The number of halogens is 1. The van der Waals surface area contributed by atoms with Crippen LogP contribution in [-0.2, 0) is 23.0 Å². The number of benzene rings is 2. The summed E-state index contributed by atoms with van der Waals surface area (Å²) in [5, 5.41) is 0. The van der Waals surface area contributed by atoms with Crippen LogP contribution < -0.4 is 24.2 Å². The van der Waals surface area contributed by atoms with Gasteiger partial charge < -0.3 is 19.9 Å². The number of nitrogens with two attached hydrogens (primary N) is 1. The molecule has 0 saturated heterocycles. The molecule has 0 amide bonds. The van der Waals surface area contributed by atoms with Crippen molar-refractivity contribution in [2.24, 2.45) is 5.73 Å². The summed E-state index contributed by atoms with van der Waals surface area (Å²) in [5.74, 6) is 0.808. The number of hydrogen-bond donors (Lipinski definition) is 1. The van der Waals surface area contributed by atoms with Crippen molar-refractivity contribution in [1.82, 2.24) is 0 Å². The predicted octanol–water partition coefficient (Wildman–Crippen LogP) is 2.73. The Morgan fingerprint density at radius 3 is 2.21 bits per heavy atom. The summed E-state index contributed by atoms with van der Waals surface area (Å²) in [5.41, 5.74) is 8.34. The van der Waals surface area contributed by atoms with Gasteiger partial charge in [-0.1, -0.05) is 12.1 Å². The first-order valence-electron chi connectivity index (χ1n) is 8.61. The van der Waals surface area contributed by atoms with E-state index in [4.69, 9.17) is 19.9 Å². The number of ether oxygens (including phenoxy) is 3. The minimum atomic E-state index is -3.91. The van der Waals surface area contributed by atoms with E-state index < -0.39 is 10.0 Å². The zero-order chi connectivity index (χ0) is 19.6. The molecule has 0 unspecified atom stereocenters. The molecule has 3 rings (SSSR count). The first-order chi connectivity index (χ1) is 13.0. The molecule has 0 saturated carbocycles. The fourth-order valence-electron chi connectivity index (χ4n) is 3.33. The molecule has 1 heterocycles. The third-order valence-electron chi connectivity index (χ3n) is 4.67. The molecule has 0 fully saturated rings. The van der Waals surface area contributed by atoms with E-state index in [1.807, 2.05) is 18.2 Å². The van der Waals surface area contributed by atoms with Crippen molar-refractivity contribution in [1.29, 1.82) is 0 Å². The van der Waals surface area contributed by atoms with Crippen LogP contribution in [0.5, 0.6) is 17.2 Å². The number of sulfonamides is 1. The summed E-state index contributed by atoms with van der Waals surface area (Å²) >= 11 is 0. The van der Waals surface area contributed by atoms with Gasteiger partial charge in [0.1, 0.15) is 17.2 Å². The van der Waals surface area contributed by atoms with E-state index in [1.54, 1.807) is 0 Å². The molecule has 9 heteroatoms. The monoisotopic (exact) mass is 428 g/mol. The number of rotatable bonds is 6. The molecule has 0 radical (unpaired) electrons. The third kappa shape index (κ3) is 3.85. The van der Waals surface area contributed by atoms with Gasteiger partial charge in [-0.2, -0.15) is 0 Å². The Hall–Kier alpha value is -2.16. The van der Waals surface area contributed by atoms with Crippen molar-refractivity contribution in [3.05, 3.63) is 41.5 Å². The molecule has 28 heavy (non-hydrogen) atoms. The van der Waals surface area contributed by atoms with Crippen LogP contribution in [0.1, 0.15) is 17.5 Å². The molecule has 7 nitrogen and oxygen atoms in total. The van der Waals surface area contributed by atoms with E-state index in [2.05, 4.69) is 0 Å². The topological polar surface area (TPSA) is 91.1 Å². The van der Waals surface area contributed by atoms with Gasteiger partial charge in [0, 0.05) is 25.2 Å². The van der Waals surface area contributed by atoms with Crippen LogP contribution in [0, 0.1) is 0 Å². The Balaban J connectivity index is 0.00000280. The molecular weight excluding hydrogens is 404 g/mol. The quantitative estimate of drug-likeness (QED) is 0.760. The Morgan fingerprint density at radius 2 is 1.68 bits per heavy atom. The van der Waals surface area contributed by atoms with Gasteiger partial charge in [0.2, 0.25) is 0 Å². The van der Waals surface area contributed by atoms with Crippen LogP contribution in [0.2, 0.25) is 0 Å². The highest BCUT2D eigenvalue weighted by Crippen LogP contribution is 2.42. The minimum Gasteiger partial charge on any atom is -0.496 e. The average molecular weight is 429 g/mol. The van der Waals surface area contributed by atoms with Crippen molar-refractivity contribution < 1.29 is 22.6 Å². The molecule has 0 aromatic heterocycles. The number of fused-ring (bicyclic) bond motifs is 1. The normalized spacial score (nSPS) is 13.4. The van der Waals surface area contributed by atoms with Crippen LogP contribution >= 0.6 is 12.4 Å². The lowest BCUT2D eigenvalue weighted by Crippen LogP contribution is -2.36. The highest BCUT2D eigenvalue weighted by Gasteiger charge is 2.34. The van der Waals surface area contributed by atoms with Crippen molar-refractivity contribution in [2.75, 3.05) is 32.2 Å². The smallest absolute Gasteiger partial charge is 0.271 e. The van der Waals surface area contributed by atoms with Crippen molar-refractivity contribution in [3.63, 3.8) is 0 Å². The SMILES string of the molecule is COc1cc(OC)c(S(=O)(=O)N2CCCc3cc(CN)ccc32)c(OC)c1.Cl. The van der Waals surface area contributed by atoms with Crippen LogP contribution in [0.25, 0.3) is 0 Å². The average Bonchev–Trinajstić information content (AvgIpc) is 2.71. The largest absolute Gasteiger partial charge is 0.496 e. The van der Waals surface area contributed by atoms with E-state index in [9.17, 15) is 8.42 Å². The summed E-state index contributed by atoms with van der Waals surface area (Å²) in [4.78, 5) is -0.0101. The number of aryl methyl sites for hydroxylation is 1. The highest BCUT2D eigenvalue weighted by molar-refractivity contribution is 7.93. The number of hydrogen-bond acceptors (Lipinski definition) is 6. The van der Waals surface area contributed by atoms with Crippen LogP contribution in [0.3, 0.4) is 0 Å². The minimum absolute atomic E-state index is 0. The van der Waals surface area contributed by atoms with Crippen LogP contribution in [0.4, 0.5) is 5.69 Å². The molecule has 0 bridgehead atoms. The fraction of sp³-hybridized carbons (Fsp3) is 0.368. The second-order valence-electron chi connectivity index (χ2n) is 6.21. The van der Waals surface area contributed by atoms with Gasteiger partial charge in [-0.3, -0.25) is 4.31 Å². The maximum absolute atomic E-state index is 13.6. The van der Waals surface area contributed by atoms with Gasteiger partial charge in [-0.05, 0) is 30.0 Å². The summed E-state index contributed by atoms with van der Waals surface area (Å²) in [6.07, 6.45) is 1.53. The van der Waals surface area contributed by atoms with Gasteiger partial charge in [0.05, 0.1) is 27.0 Å². The zero-order valence-corrected chi connectivity index (χ0v) is 17.7. The Labute approximate surface area is 171 Å². The molecule has 0 atom stereocenters. The molecular formula is C19H25ClN2O5S. The Kier molecular flexibility index (Phi) is 7.03. The zero-order valence-electron chi connectivity index (χ0n) is 16.1. The molecule has 2 N–H and O–H groups in total. The predicted molar refractivity (Wildman–Crippen MR) is 111 cm³/mol. The van der Waals surface area contributed by atoms with Gasteiger partial charge in [-0.15, -0.1) is 12.4 Å². The molecule has 1 aliphatic rings. The van der Waals surface area contributed by atoms with Gasteiger partial charge in [0.25, 0.3) is 10.0 Å². The summed E-state index contributed by atoms with van der Waals surface area (Å²) in [7, 11) is 0.432. The number of nitrogens with zero attached hydrogens (tertiary/aromatic N) is 1. The molecule has 0 spiro atoms. The lowest BCUT2D eigenvalue weighted by Gasteiger charge is -2.31. The molecule has 2 aromatic rings. The Bertz CT molecular complexity index is 924. The highest BCUT2D eigenvalue weighted by atomic mass is 35.5. The second-order valence-corrected chi connectivity index (χ2v) is 8.01. The molecule has 0 aliphatic carbocycles. The van der Waals surface area contributed by atoms with Crippen LogP contribution in [0.15, 0.2) is 35.2 Å². The van der Waals surface area contributed by atoms with E-state index in [1.165, 1.54) is 37.8 Å². The Morgan fingerprint density at radius 1 is 1.04 bits per heavy atom. The van der Waals surface area contributed by atoms with E-state index >= 15 is 0 Å². The summed E-state index contributed by atoms with van der Waals surface area (Å²) in [6.45, 7) is 0.801. The van der Waals surface area contributed by atoms with E-state index in [0.29, 0.717) is 24.5 Å². The second kappa shape index (κ2) is 8.89. The maximum Gasteiger partial charge on any atom is 0.271 e. The van der Waals surface area contributed by atoms with E-state index in [-0.39, 0.29) is 28.8 Å². The molecule has 1 aliphatic heterocycles. The van der Waals surface area contributed by atoms with Gasteiger partial charge in [0.15, 0.2) is 4.90 Å². The first-order valence-corrected chi connectivity index (χ1v) is 10.0. The number of anilines is 1. The molecule has 2 aromatic carbocycles. The van der Waals surface area contributed by atoms with E-state index in [0.717, 1.165) is 24.0 Å². The summed E-state index contributed by atoms with van der Waals surface area (Å²) < 4.78 is 44.5. The maximum atomic E-state index is 13.6. The number of methoxy groups -OCH3 is 3. The lowest BCUT2D eigenvalue weighted by atomic mass is 10.0. The van der Waals surface area contributed by atoms with Crippen LogP contribution in [-0.4, -0.2) is 36.3 Å². The van der Waals surface area contributed by atoms with Crippen molar-refractivity contribution in [2.45, 2.75) is 24.3 Å². The van der Waals surface area contributed by atoms with Gasteiger partial charge in [-0.25, -0.2) is 8.42 Å². The first kappa shape index (κ1) is 22.1. The van der Waals surface area contributed by atoms with Crippen molar-refractivity contribution >= 4 is 28.1 Å². The fourth-order valence-corrected chi connectivity index (χ4v) is 5.15. The van der Waals surface area contributed by atoms with Crippen molar-refractivity contribution in [3.8, 4) is 17.2 Å². The van der Waals surface area contributed by atoms with Gasteiger partial charge >= 0.3 is 0 Å². The summed E-state index contributed by atoms with van der Waals surface area (Å²) in [6, 6.07) is 8.72. The molecule has 154 valence electrons.